The van der Waals surface area contributed by atoms with Gasteiger partial charge < -0.3 is 24.4 Å². The largest absolute Gasteiger partial charge is 0.497 e. The second-order valence-electron chi connectivity index (χ2n) is 9.42. The van der Waals surface area contributed by atoms with Crippen LogP contribution in [0.2, 0.25) is 0 Å². The van der Waals surface area contributed by atoms with E-state index in [1.54, 1.807) is 14.2 Å². The number of carbonyl (C=O) groups excluding carboxylic acids is 1. The Balaban J connectivity index is 1.43. The topological polar surface area (TPSA) is 63.3 Å². The van der Waals surface area contributed by atoms with Crippen LogP contribution in [0.1, 0.15) is 36.8 Å². The molecule has 2 aromatic carbocycles. The maximum atomic E-state index is 12.8. The first-order valence-corrected chi connectivity index (χ1v) is 11.5. The molecule has 1 saturated carbocycles. The quantitative estimate of drug-likeness (QED) is 0.613. The third-order valence-electron chi connectivity index (χ3n) is 7.31. The number of hydrogen-bond donors (Lipinski definition) is 1. The lowest BCUT2D eigenvalue weighted by Crippen LogP contribution is -2.54. The summed E-state index contributed by atoms with van der Waals surface area (Å²) in [5.41, 5.74) is 2.17. The third-order valence-corrected chi connectivity index (χ3v) is 7.31. The zero-order valence-electron chi connectivity index (χ0n) is 20.1. The molecule has 33 heavy (non-hydrogen) atoms. The summed E-state index contributed by atoms with van der Waals surface area (Å²) in [5, 5.41) is 3.33. The van der Waals surface area contributed by atoms with Crippen LogP contribution < -0.4 is 14.8 Å². The summed E-state index contributed by atoms with van der Waals surface area (Å²) in [4.78, 5) is 17.1. The summed E-state index contributed by atoms with van der Waals surface area (Å²) in [6.45, 7) is 1.60. The fraction of sp³-hybridized carbons (Fsp3) is 0.500. The van der Waals surface area contributed by atoms with Crippen molar-refractivity contribution in [2.75, 3.05) is 41.7 Å². The maximum Gasteiger partial charge on any atom is 0.318 e. The van der Waals surface area contributed by atoms with Crippen molar-refractivity contribution in [2.24, 2.45) is 0 Å². The van der Waals surface area contributed by atoms with Crippen molar-refractivity contribution in [3.63, 3.8) is 0 Å². The van der Waals surface area contributed by atoms with Gasteiger partial charge in [-0.15, -0.1) is 0 Å². The normalized spacial score (nSPS) is 24.9. The molecule has 0 atom stereocenters. The molecule has 2 aromatic rings. The SMILES string of the molecule is COCOc1ccc([C@]2(N(C)C)CC[C@@]3(CC2)CN(Cc2ccc(OC)cc2)C(=O)N3)cc1. The van der Waals surface area contributed by atoms with Gasteiger partial charge in [0.05, 0.1) is 12.6 Å². The van der Waals surface area contributed by atoms with Gasteiger partial charge in [-0.25, -0.2) is 4.79 Å². The first-order valence-electron chi connectivity index (χ1n) is 11.5. The molecule has 178 valence electrons. The molecule has 2 aliphatic rings. The molecule has 1 heterocycles. The lowest BCUT2D eigenvalue weighted by molar-refractivity contribution is 0.0504. The van der Waals surface area contributed by atoms with Gasteiger partial charge in [0.25, 0.3) is 0 Å². The van der Waals surface area contributed by atoms with E-state index in [-0.39, 0.29) is 23.9 Å². The minimum Gasteiger partial charge on any atom is -0.497 e. The molecule has 2 fully saturated rings. The minimum atomic E-state index is -0.162. The number of benzene rings is 2. The van der Waals surface area contributed by atoms with Gasteiger partial charge in [-0.05, 0) is 75.2 Å². The number of urea groups is 1. The average Bonchev–Trinajstić information content (AvgIpc) is 3.13. The second-order valence-corrected chi connectivity index (χ2v) is 9.42. The lowest BCUT2D eigenvalue weighted by atomic mass is 9.69. The highest BCUT2D eigenvalue weighted by Crippen LogP contribution is 2.46. The number of nitrogens with one attached hydrogen (secondary N) is 1. The molecule has 1 spiro atoms. The van der Waals surface area contributed by atoms with Crippen LogP contribution in [0.4, 0.5) is 4.79 Å². The highest BCUT2D eigenvalue weighted by molar-refractivity contribution is 5.78. The summed E-state index contributed by atoms with van der Waals surface area (Å²) >= 11 is 0. The Morgan fingerprint density at radius 3 is 2.15 bits per heavy atom. The zero-order valence-corrected chi connectivity index (χ0v) is 20.1. The van der Waals surface area contributed by atoms with Gasteiger partial charge in [0.2, 0.25) is 0 Å². The molecule has 0 aromatic heterocycles. The number of amides is 2. The first-order chi connectivity index (χ1) is 15.9. The van der Waals surface area contributed by atoms with Gasteiger partial charge in [-0.3, -0.25) is 4.90 Å². The van der Waals surface area contributed by atoms with E-state index in [0.29, 0.717) is 6.54 Å². The van der Waals surface area contributed by atoms with Gasteiger partial charge in [-0.2, -0.15) is 0 Å². The van der Waals surface area contributed by atoms with Crippen molar-refractivity contribution >= 4 is 6.03 Å². The summed E-state index contributed by atoms with van der Waals surface area (Å²) in [6, 6.07) is 16.3. The predicted molar refractivity (Wildman–Crippen MR) is 127 cm³/mol. The molecule has 4 rings (SSSR count). The highest BCUT2D eigenvalue weighted by atomic mass is 16.7. The van der Waals surface area contributed by atoms with E-state index < -0.39 is 0 Å². The predicted octanol–water partition coefficient (Wildman–Crippen LogP) is 3.97. The number of methoxy groups -OCH3 is 2. The van der Waals surface area contributed by atoms with Crippen molar-refractivity contribution in [3.05, 3.63) is 59.7 Å². The summed E-state index contributed by atoms with van der Waals surface area (Å²) in [6.07, 6.45) is 3.85. The van der Waals surface area contributed by atoms with Crippen molar-refractivity contribution in [1.82, 2.24) is 15.1 Å². The maximum absolute atomic E-state index is 12.8. The number of rotatable bonds is 8. The molecule has 1 N–H and O–H groups in total. The number of ether oxygens (including phenoxy) is 3. The van der Waals surface area contributed by atoms with Crippen molar-refractivity contribution < 1.29 is 19.0 Å². The van der Waals surface area contributed by atoms with Gasteiger partial charge in [-0.1, -0.05) is 24.3 Å². The molecule has 7 nitrogen and oxygen atoms in total. The fourth-order valence-corrected chi connectivity index (χ4v) is 5.27. The molecular formula is C26H35N3O4. The van der Waals surface area contributed by atoms with E-state index in [4.69, 9.17) is 14.2 Å². The first kappa shape index (κ1) is 23.4. The smallest absolute Gasteiger partial charge is 0.318 e. The van der Waals surface area contributed by atoms with E-state index >= 15 is 0 Å². The van der Waals surface area contributed by atoms with Gasteiger partial charge in [0, 0.05) is 25.7 Å². The molecule has 1 aliphatic carbocycles. The van der Waals surface area contributed by atoms with Gasteiger partial charge in [0.15, 0.2) is 6.79 Å². The molecule has 0 radical (unpaired) electrons. The molecule has 0 unspecified atom stereocenters. The monoisotopic (exact) mass is 453 g/mol. The van der Waals surface area contributed by atoms with Gasteiger partial charge in [0.1, 0.15) is 11.5 Å². The van der Waals surface area contributed by atoms with E-state index in [1.807, 2.05) is 41.3 Å². The number of hydrogen-bond acceptors (Lipinski definition) is 5. The third kappa shape index (κ3) is 4.80. The van der Waals surface area contributed by atoms with E-state index in [2.05, 4.69) is 36.4 Å². The molecule has 1 aliphatic heterocycles. The van der Waals surface area contributed by atoms with Crippen molar-refractivity contribution in [2.45, 2.75) is 43.3 Å². The van der Waals surface area contributed by atoms with Crippen molar-refractivity contribution in [1.29, 1.82) is 0 Å². The summed E-state index contributed by atoms with van der Waals surface area (Å²) in [5.74, 6) is 1.63. The molecule has 1 saturated heterocycles. The Hall–Kier alpha value is -2.77. The van der Waals surface area contributed by atoms with Crippen LogP contribution >= 0.6 is 0 Å². The summed E-state index contributed by atoms with van der Waals surface area (Å²) < 4.78 is 15.8. The van der Waals surface area contributed by atoms with E-state index in [9.17, 15) is 4.79 Å². The van der Waals surface area contributed by atoms with Crippen molar-refractivity contribution in [3.8, 4) is 11.5 Å². The summed E-state index contributed by atoms with van der Waals surface area (Å²) in [7, 11) is 7.58. The average molecular weight is 454 g/mol. The molecule has 7 heteroatoms. The zero-order chi connectivity index (χ0) is 23.5. The standard InChI is InChI=1S/C26H35N3O4/c1-28(2)26(21-7-11-23(12-8-21)33-19-31-3)15-13-25(14-16-26)18-29(24(30)27-25)17-20-5-9-22(32-4)10-6-20/h5-12H,13-19H2,1-4H3,(H,27,30)/t25-,26+. The Kier molecular flexibility index (Phi) is 6.81. The van der Waals surface area contributed by atoms with Crippen LogP contribution in [-0.4, -0.2) is 63.0 Å². The Bertz CT molecular complexity index is 935. The molecular weight excluding hydrogens is 418 g/mol. The van der Waals surface area contributed by atoms with Crippen LogP contribution in [-0.2, 0) is 16.8 Å². The Morgan fingerprint density at radius 2 is 1.58 bits per heavy atom. The molecule has 2 amide bonds. The Morgan fingerprint density at radius 1 is 0.939 bits per heavy atom. The van der Waals surface area contributed by atoms with Gasteiger partial charge >= 0.3 is 6.03 Å². The minimum absolute atomic E-state index is 0.0304. The van der Waals surface area contributed by atoms with Crippen LogP contribution in [0.15, 0.2) is 48.5 Å². The van der Waals surface area contributed by atoms with Crippen LogP contribution in [0.5, 0.6) is 11.5 Å². The van der Waals surface area contributed by atoms with Crippen LogP contribution in [0.25, 0.3) is 0 Å². The number of carbonyl (C=O) groups is 1. The highest BCUT2D eigenvalue weighted by Gasteiger charge is 2.49. The van der Waals surface area contributed by atoms with Crippen LogP contribution in [0.3, 0.4) is 0 Å². The van der Waals surface area contributed by atoms with E-state index in [0.717, 1.165) is 49.3 Å². The lowest BCUT2D eigenvalue weighted by Gasteiger charge is -2.48. The number of nitrogens with zero attached hydrogens (tertiary/aromatic N) is 2. The van der Waals surface area contributed by atoms with Crippen LogP contribution in [0, 0.1) is 0 Å². The molecule has 0 bridgehead atoms. The Labute approximate surface area is 196 Å². The van der Waals surface area contributed by atoms with E-state index in [1.165, 1.54) is 5.56 Å². The fourth-order valence-electron chi connectivity index (χ4n) is 5.27. The second kappa shape index (κ2) is 9.61.